The lowest BCUT2D eigenvalue weighted by Gasteiger charge is -2.21. The highest BCUT2D eigenvalue weighted by Gasteiger charge is 2.21. The number of halogens is 1. The van der Waals surface area contributed by atoms with Crippen LogP contribution >= 0.6 is 11.6 Å². The highest BCUT2D eigenvalue weighted by molar-refractivity contribution is 7.91. The van der Waals surface area contributed by atoms with Crippen LogP contribution in [0.5, 0.6) is 0 Å². The van der Waals surface area contributed by atoms with Crippen molar-refractivity contribution in [1.82, 2.24) is 5.32 Å². The second-order valence-electron chi connectivity index (χ2n) is 5.27. The molecule has 122 valence electrons. The maximum absolute atomic E-state index is 12.0. The molecule has 0 aromatic heterocycles. The molecule has 0 spiro atoms. The van der Waals surface area contributed by atoms with Crippen molar-refractivity contribution < 1.29 is 17.9 Å². The van der Waals surface area contributed by atoms with E-state index in [0.717, 1.165) is 19.3 Å². The van der Waals surface area contributed by atoms with Gasteiger partial charge in [-0.15, -0.1) is 0 Å². The number of carbonyl (C=O) groups is 1. The fourth-order valence-electron chi connectivity index (χ4n) is 2.32. The molecule has 5 nitrogen and oxygen atoms in total. The molecule has 2 rings (SSSR count). The molecule has 7 heteroatoms. The van der Waals surface area contributed by atoms with E-state index in [-0.39, 0.29) is 23.1 Å². The second kappa shape index (κ2) is 7.44. The van der Waals surface area contributed by atoms with E-state index in [1.165, 1.54) is 6.07 Å². The minimum atomic E-state index is -3.32. The third-order valence-electron chi connectivity index (χ3n) is 3.61. The van der Waals surface area contributed by atoms with Crippen LogP contribution in [0.4, 0.5) is 0 Å². The standard InChI is InChI=1S/C15H20ClNO4S/c1-2-22(19,20)13-8-11(7-12(16)9-13)10-17-15(18)14-5-3-4-6-21-14/h7-9,14H,2-6,10H2,1H3,(H,17,18). The molecule has 1 atom stereocenters. The topological polar surface area (TPSA) is 72.5 Å². The van der Waals surface area contributed by atoms with Gasteiger partial charge in [0.2, 0.25) is 5.91 Å². The molecule has 0 bridgehead atoms. The van der Waals surface area contributed by atoms with Gasteiger partial charge in [0.15, 0.2) is 9.84 Å². The van der Waals surface area contributed by atoms with Gasteiger partial charge >= 0.3 is 0 Å². The lowest BCUT2D eigenvalue weighted by atomic mass is 10.1. The Bertz CT molecular complexity index is 639. The summed E-state index contributed by atoms with van der Waals surface area (Å²) in [4.78, 5) is 12.2. The molecule has 1 N–H and O–H groups in total. The molecule has 1 unspecified atom stereocenters. The molecule has 22 heavy (non-hydrogen) atoms. The van der Waals surface area contributed by atoms with Gasteiger partial charge in [0.25, 0.3) is 0 Å². The summed E-state index contributed by atoms with van der Waals surface area (Å²) in [6, 6.07) is 4.63. The summed E-state index contributed by atoms with van der Waals surface area (Å²) in [5, 5.41) is 3.12. The van der Waals surface area contributed by atoms with Crippen molar-refractivity contribution in [2.24, 2.45) is 0 Å². The summed E-state index contributed by atoms with van der Waals surface area (Å²) >= 11 is 5.98. The third-order valence-corrected chi connectivity index (χ3v) is 5.54. The normalized spacial score (nSPS) is 18.9. The van der Waals surface area contributed by atoms with Crippen molar-refractivity contribution in [1.29, 1.82) is 0 Å². The van der Waals surface area contributed by atoms with Crippen LogP contribution in [0.3, 0.4) is 0 Å². The Labute approximate surface area is 135 Å². The second-order valence-corrected chi connectivity index (χ2v) is 7.99. The van der Waals surface area contributed by atoms with Crippen molar-refractivity contribution in [2.45, 2.75) is 43.7 Å². The number of amides is 1. The van der Waals surface area contributed by atoms with Crippen molar-refractivity contribution >= 4 is 27.3 Å². The molecule has 1 aliphatic heterocycles. The first kappa shape index (κ1) is 17.2. The van der Waals surface area contributed by atoms with E-state index >= 15 is 0 Å². The van der Waals surface area contributed by atoms with Gasteiger partial charge < -0.3 is 10.1 Å². The number of hydrogen-bond donors (Lipinski definition) is 1. The molecule has 1 fully saturated rings. The minimum absolute atomic E-state index is 0.00898. The van der Waals surface area contributed by atoms with Gasteiger partial charge in [-0.05, 0) is 43.0 Å². The summed E-state index contributed by atoms with van der Waals surface area (Å²) in [5.74, 6) is -0.158. The monoisotopic (exact) mass is 345 g/mol. The summed E-state index contributed by atoms with van der Waals surface area (Å²) in [6.07, 6.45) is 2.27. The van der Waals surface area contributed by atoms with Crippen LogP contribution < -0.4 is 5.32 Å². The molecule has 1 heterocycles. The Morgan fingerprint density at radius 1 is 1.36 bits per heavy atom. The first-order valence-corrected chi connectivity index (χ1v) is 9.37. The van der Waals surface area contributed by atoms with E-state index in [1.807, 2.05) is 0 Å². The van der Waals surface area contributed by atoms with E-state index in [0.29, 0.717) is 17.2 Å². The van der Waals surface area contributed by atoms with Crippen LogP contribution in [0.2, 0.25) is 5.02 Å². The van der Waals surface area contributed by atoms with E-state index in [2.05, 4.69) is 5.32 Å². The number of rotatable bonds is 5. The Hall–Kier alpha value is -1.11. The Kier molecular flexibility index (Phi) is 5.83. The average Bonchev–Trinajstić information content (AvgIpc) is 2.53. The largest absolute Gasteiger partial charge is 0.368 e. The Morgan fingerprint density at radius 2 is 2.14 bits per heavy atom. The highest BCUT2D eigenvalue weighted by atomic mass is 35.5. The third kappa shape index (κ3) is 4.44. The van der Waals surface area contributed by atoms with Crippen LogP contribution in [0.15, 0.2) is 23.1 Å². The summed E-state index contributed by atoms with van der Waals surface area (Å²) < 4.78 is 29.3. The van der Waals surface area contributed by atoms with Crippen molar-refractivity contribution in [2.75, 3.05) is 12.4 Å². The SMILES string of the molecule is CCS(=O)(=O)c1cc(Cl)cc(CNC(=O)C2CCCCO2)c1. The van der Waals surface area contributed by atoms with E-state index < -0.39 is 15.9 Å². The molecule has 1 saturated heterocycles. The number of benzene rings is 1. The molecular weight excluding hydrogens is 326 g/mol. The van der Waals surface area contributed by atoms with Gasteiger partial charge in [-0.3, -0.25) is 4.79 Å². The van der Waals surface area contributed by atoms with E-state index in [1.54, 1.807) is 19.1 Å². The maximum atomic E-state index is 12.0. The zero-order valence-electron chi connectivity index (χ0n) is 12.5. The van der Waals surface area contributed by atoms with Gasteiger partial charge in [0, 0.05) is 18.2 Å². The lowest BCUT2D eigenvalue weighted by molar-refractivity contribution is -0.135. The summed E-state index contributed by atoms with van der Waals surface area (Å²) in [6.45, 7) is 2.41. The Balaban J connectivity index is 2.05. The van der Waals surface area contributed by atoms with Gasteiger partial charge in [-0.2, -0.15) is 0 Å². The fourth-order valence-corrected chi connectivity index (χ4v) is 3.61. The predicted octanol–water partition coefficient (Wildman–Crippen LogP) is 2.32. The van der Waals surface area contributed by atoms with Gasteiger partial charge in [0.05, 0.1) is 10.6 Å². The van der Waals surface area contributed by atoms with Crippen LogP contribution in [-0.2, 0) is 25.9 Å². The average molecular weight is 346 g/mol. The Morgan fingerprint density at radius 3 is 2.77 bits per heavy atom. The molecule has 0 aliphatic carbocycles. The van der Waals surface area contributed by atoms with Crippen LogP contribution in [0, 0.1) is 0 Å². The minimum Gasteiger partial charge on any atom is -0.368 e. The quantitative estimate of drug-likeness (QED) is 0.888. The van der Waals surface area contributed by atoms with Crippen molar-refractivity contribution in [3.8, 4) is 0 Å². The predicted molar refractivity (Wildman–Crippen MR) is 84.6 cm³/mol. The van der Waals surface area contributed by atoms with E-state index in [4.69, 9.17) is 16.3 Å². The van der Waals surface area contributed by atoms with Gasteiger partial charge in [-0.25, -0.2) is 8.42 Å². The zero-order chi connectivity index (χ0) is 16.2. The highest BCUT2D eigenvalue weighted by Crippen LogP contribution is 2.20. The lowest BCUT2D eigenvalue weighted by Crippen LogP contribution is -2.38. The first-order valence-electron chi connectivity index (χ1n) is 7.34. The molecule has 1 aliphatic rings. The number of sulfone groups is 1. The van der Waals surface area contributed by atoms with Gasteiger partial charge in [0.1, 0.15) is 6.10 Å². The molecule has 0 radical (unpaired) electrons. The first-order chi connectivity index (χ1) is 10.4. The van der Waals surface area contributed by atoms with E-state index in [9.17, 15) is 13.2 Å². The molecule has 1 amide bonds. The van der Waals surface area contributed by atoms with Crippen molar-refractivity contribution in [3.63, 3.8) is 0 Å². The summed E-state index contributed by atoms with van der Waals surface area (Å²) in [7, 11) is -3.32. The molecule has 1 aromatic rings. The van der Waals surface area contributed by atoms with Crippen LogP contribution in [-0.4, -0.2) is 32.8 Å². The number of nitrogens with one attached hydrogen (secondary N) is 1. The summed E-state index contributed by atoms with van der Waals surface area (Å²) in [5.41, 5.74) is 0.656. The van der Waals surface area contributed by atoms with Gasteiger partial charge in [-0.1, -0.05) is 18.5 Å². The number of hydrogen-bond acceptors (Lipinski definition) is 4. The van der Waals surface area contributed by atoms with Crippen LogP contribution in [0.1, 0.15) is 31.7 Å². The molecule has 1 aromatic carbocycles. The van der Waals surface area contributed by atoms with Crippen LogP contribution in [0.25, 0.3) is 0 Å². The van der Waals surface area contributed by atoms with Crippen molar-refractivity contribution in [3.05, 3.63) is 28.8 Å². The number of carbonyl (C=O) groups excluding carboxylic acids is 1. The maximum Gasteiger partial charge on any atom is 0.249 e. The fraction of sp³-hybridized carbons (Fsp3) is 0.533. The molecular formula is C15H20ClNO4S. The smallest absolute Gasteiger partial charge is 0.249 e. The number of ether oxygens (including phenoxy) is 1. The molecule has 0 saturated carbocycles. The zero-order valence-corrected chi connectivity index (χ0v) is 14.0.